The maximum atomic E-state index is 10.8. The number of aromatic nitrogens is 3. The normalized spacial score (nSPS) is 12.9. The van der Waals surface area contributed by atoms with Crippen molar-refractivity contribution in [3.05, 3.63) is 24.2 Å². The van der Waals surface area contributed by atoms with E-state index in [1.54, 1.807) is 13.1 Å². The molecule has 0 aliphatic rings. The number of nitrogen functional groups attached to an aromatic ring is 1. The zero-order valence-corrected chi connectivity index (χ0v) is 8.08. The highest BCUT2D eigenvalue weighted by Gasteiger charge is 2.19. The molecule has 15 heavy (non-hydrogen) atoms. The van der Waals surface area contributed by atoms with Crippen molar-refractivity contribution in [2.24, 2.45) is 0 Å². The fraction of sp³-hybridized carbons (Fsp3) is 0.222. The molecule has 0 aliphatic heterocycles. The Morgan fingerprint density at radius 1 is 1.60 bits per heavy atom. The van der Waals surface area contributed by atoms with Gasteiger partial charge in [-0.25, -0.2) is 9.50 Å². The minimum absolute atomic E-state index is 0.486. The van der Waals surface area contributed by atoms with E-state index in [0.717, 1.165) is 0 Å². The van der Waals surface area contributed by atoms with Crippen LogP contribution in [0.5, 0.6) is 0 Å². The average Bonchev–Trinajstić information content (AvgIpc) is 2.59. The number of carbonyl (C=O) groups is 1. The van der Waals surface area contributed by atoms with Crippen LogP contribution in [0.15, 0.2) is 18.6 Å². The molecule has 1 atom stereocenters. The van der Waals surface area contributed by atoms with Crippen LogP contribution in [0, 0.1) is 0 Å². The van der Waals surface area contributed by atoms with Gasteiger partial charge in [-0.05, 0) is 6.92 Å². The lowest BCUT2D eigenvalue weighted by Crippen LogP contribution is -2.07. The number of nitrogens with two attached hydrogens (primary N) is 1. The summed E-state index contributed by atoms with van der Waals surface area (Å²) in [5, 5.41) is 12.9. The first-order valence-electron chi connectivity index (χ1n) is 4.41. The highest BCUT2D eigenvalue weighted by atomic mass is 16.4. The Kier molecular flexibility index (Phi) is 2.03. The fourth-order valence-corrected chi connectivity index (χ4v) is 1.35. The van der Waals surface area contributed by atoms with Crippen LogP contribution in [0.1, 0.15) is 18.4 Å². The summed E-state index contributed by atoms with van der Waals surface area (Å²) in [6, 6.07) is 0. The predicted molar refractivity (Wildman–Crippen MR) is 53.5 cm³/mol. The molecule has 2 aromatic heterocycles. The van der Waals surface area contributed by atoms with Gasteiger partial charge in [-0.3, -0.25) is 4.79 Å². The van der Waals surface area contributed by atoms with Crippen molar-refractivity contribution in [1.82, 2.24) is 14.6 Å². The summed E-state index contributed by atoms with van der Waals surface area (Å²) in [7, 11) is 0. The zero-order chi connectivity index (χ0) is 11.0. The third-order valence-electron chi connectivity index (χ3n) is 2.24. The quantitative estimate of drug-likeness (QED) is 0.746. The van der Waals surface area contributed by atoms with E-state index >= 15 is 0 Å². The molecule has 3 N–H and O–H groups in total. The third-order valence-corrected chi connectivity index (χ3v) is 2.24. The second kappa shape index (κ2) is 3.23. The summed E-state index contributed by atoms with van der Waals surface area (Å²) in [4.78, 5) is 14.9. The molecule has 0 aromatic carbocycles. The molecular weight excluding hydrogens is 196 g/mol. The van der Waals surface area contributed by atoms with E-state index in [1.165, 1.54) is 16.9 Å². The van der Waals surface area contributed by atoms with Gasteiger partial charge in [0.25, 0.3) is 0 Å². The molecule has 0 saturated carbocycles. The average molecular weight is 206 g/mol. The second-order valence-corrected chi connectivity index (χ2v) is 3.32. The lowest BCUT2D eigenvalue weighted by Gasteiger charge is -2.02. The van der Waals surface area contributed by atoms with Crippen molar-refractivity contribution < 1.29 is 9.90 Å². The maximum absolute atomic E-state index is 10.8. The first kappa shape index (κ1) is 9.45. The fourth-order valence-electron chi connectivity index (χ4n) is 1.35. The van der Waals surface area contributed by atoms with Gasteiger partial charge in [-0.1, -0.05) is 0 Å². The summed E-state index contributed by atoms with van der Waals surface area (Å²) >= 11 is 0. The Morgan fingerprint density at radius 2 is 2.33 bits per heavy atom. The van der Waals surface area contributed by atoms with Crippen LogP contribution in [-0.2, 0) is 4.79 Å². The van der Waals surface area contributed by atoms with E-state index < -0.39 is 11.9 Å². The van der Waals surface area contributed by atoms with Crippen molar-refractivity contribution in [3.8, 4) is 0 Å². The molecule has 0 fully saturated rings. The number of carboxylic acids is 1. The molecule has 0 amide bonds. The van der Waals surface area contributed by atoms with E-state index in [-0.39, 0.29) is 0 Å². The van der Waals surface area contributed by atoms with Crippen molar-refractivity contribution >= 4 is 17.3 Å². The number of hydrogen-bond donors (Lipinski definition) is 2. The molecule has 0 spiro atoms. The molecule has 6 nitrogen and oxygen atoms in total. The molecule has 78 valence electrons. The summed E-state index contributed by atoms with van der Waals surface area (Å²) in [5.74, 6) is -1.53. The van der Waals surface area contributed by atoms with Gasteiger partial charge in [0.05, 0.1) is 30.2 Å². The van der Waals surface area contributed by atoms with Crippen molar-refractivity contribution in [2.45, 2.75) is 12.8 Å². The monoisotopic (exact) mass is 206 g/mol. The molecule has 2 heterocycles. The molecule has 0 radical (unpaired) electrons. The van der Waals surface area contributed by atoms with Gasteiger partial charge in [0.2, 0.25) is 0 Å². The summed E-state index contributed by atoms with van der Waals surface area (Å²) in [6.45, 7) is 1.59. The van der Waals surface area contributed by atoms with Crippen LogP contribution in [0.2, 0.25) is 0 Å². The SMILES string of the molecule is CC(C(=O)O)c1cnn2cc(N)cnc12. The number of nitrogens with zero attached hydrogens (tertiary/aromatic N) is 3. The Morgan fingerprint density at radius 3 is 3.00 bits per heavy atom. The molecule has 0 aliphatic carbocycles. The van der Waals surface area contributed by atoms with Gasteiger partial charge in [0.1, 0.15) is 0 Å². The van der Waals surface area contributed by atoms with E-state index in [4.69, 9.17) is 10.8 Å². The van der Waals surface area contributed by atoms with Crippen LogP contribution in [0.25, 0.3) is 5.65 Å². The first-order chi connectivity index (χ1) is 7.09. The molecule has 6 heteroatoms. The van der Waals surface area contributed by atoms with Crippen LogP contribution in [-0.4, -0.2) is 25.7 Å². The minimum Gasteiger partial charge on any atom is -0.481 e. The number of carboxylic acid groups (broad SMARTS) is 1. The number of fused-ring (bicyclic) bond motifs is 1. The lowest BCUT2D eigenvalue weighted by molar-refractivity contribution is -0.138. The van der Waals surface area contributed by atoms with Gasteiger partial charge < -0.3 is 10.8 Å². The van der Waals surface area contributed by atoms with Gasteiger partial charge in [0.15, 0.2) is 5.65 Å². The standard InChI is InChI=1S/C9H10N4O2/c1-5(9(14)15)7-3-12-13-4-6(10)2-11-8(7)13/h2-5H,10H2,1H3,(H,14,15). The Bertz CT molecular complexity index is 520. The second-order valence-electron chi connectivity index (χ2n) is 3.32. The van der Waals surface area contributed by atoms with Crippen LogP contribution in [0.4, 0.5) is 5.69 Å². The summed E-state index contributed by atoms with van der Waals surface area (Å²) in [6.07, 6.45) is 4.58. The van der Waals surface area contributed by atoms with Crippen LogP contribution in [0.3, 0.4) is 0 Å². The van der Waals surface area contributed by atoms with Gasteiger partial charge in [-0.2, -0.15) is 5.10 Å². The lowest BCUT2D eigenvalue weighted by atomic mass is 10.1. The smallest absolute Gasteiger partial charge is 0.310 e. The van der Waals surface area contributed by atoms with Crippen molar-refractivity contribution in [3.63, 3.8) is 0 Å². The predicted octanol–water partition coefficient (Wildman–Crippen LogP) is 0.500. The van der Waals surface area contributed by atoms with E-state index in [2.05, 4.69) is 10.1 Å². The van der Waals surface area contributed by atoms with Gasteiger partial charge in [0, 0.05) is 5.56 Å². The Balaban J connectivity index is 2.59. The first-order valence-corrected chi connectivity index (χ1v) is 4.41. The molecule has 0 bridgehead atoms. The highest BCUT2D eigenvalue weighted by Crippen LogP contribution is 2.19. The molecule has 2 aromatic rings. The van der Waals surface area contributed by atoms with E-state index in [0.29, 0.717) is 16.9 Å². The Labute approximate surface area is 85.3 Å². The molecule has 0 saturated heterocycles. The van der Waals surface area contributed by atoms with E-state index in [9.17, 15) is 4.79 Å². The van der Waals surface area contributed by atoms with Crippen LogP contribution < -0.4 is 5.73 Å². The number of aliphatic carboxylic acids is 1. The Hall–Kier alpha value is -2.11. The highest BCUT2D eigenvalue weighted by molar-refractivity contribution is 5.78. The van der Waals surface area contributed by atoms with Gasteiger partial charge in [-0.15, -0.1) is 0 Å². The molecular formula is C9H10N4O2. The van der Waals surface area contributed by atoms with E-state index in [1.807, 2.05) is 0 Å². The zero-order valence-electron chi connectivity index (χ0n) is 8.08. The minimum atomic E-state index is -0.900. The topological polar surface area (TPSA) is 93.5 Å². The third kappa shape index (κ3) is 1.50. The maximum Gasteiger partial charge on any atom is 0.310 e. The summed E-state index contributed by atoms with van der Waals surface area (Å²) in [5.41, 5.74) is 7.13. The molecule has 2 rings (SSSR count). The summed E-state index contributed by atoms with van der Waals surface area (Å²) < 4.78 is 1.48. The number of anilines is 1. The molecule has 1 unspecified atom stereocenters. The largest absolute Gasteiger partial charge is 0.481 e. The van der Waals surface area contributed by atoms with Crippen molar-refractivity contribution in [2.75, 3.05) is 5.73 Å². The number of rotatable bonds is 2. The van der Waals surface area contributed by atoms with Gasteiger partial charge >= 0.3 is 5.97 Å². The number of hydrogen-bond acceptors (Lipinski definition) is 4. The van der Waals surface area contributed by atoms with Crippen molar-refractivity contribution in [1.29, 1.82) is 0 Å². The van der Waals surface area contributed by atoms with Crippen LogP contribution >= 0.6 is 0 Å².